The maximum absolute atomic E-state index is 9.38. The standard InChI is InChI=1S/C19H12N4.C2H4/c1-14(8-20)16-7-18(11-22-10-16)23-12-17(9-21)19(13-23)15-5-3-2-4-6-15;1-2/h2-7,10-13H,1H2;1-2H2. The monoisotopic (exact) mass is 324 g/mol. The Morgan fingerprint density at radius 2 is 1.76 bits per heavy atom. The van der Waals surface area contributed by atoms with Crippen molar-refractivity contribution in [1.82, 2.24) is 9.55 Å². The van der Waals surface area contributed by atoms with Crippen molar-refractivity contribution in [2.24, 2.45) is 0 Å². The molecule has 0 saturated heterocycles. The topological polar surface area (TPSA) is 65.4 Å². The van der Waals surface area contributed by atoms with Crippen molar-refractivity contribution >= 4 is 5.57 Å². The van der Waals surface area contributed by atoms with Gasteiger partial charge in [0.15, 0.2) is 0 Å². The van der Waals surface area contributed by atoms with Gasteiger partial charge in [-0.2, -0.15) is 10.5 Å². The molecule has 0 saturated carbocycles. The highest BCUT2D eigenvalue weighted by atomic mass is 15.0. The van der Waals surface area contributed by atoms with Gasteiger partial charge in [-0.1, -0.05) is 36.9 Å². The molecule has 3 aromatic rings. The minimum atomic E-state index is 0.357. The van der Waals surface area contributed by atoms with E-state index in [2.05, 4.69) is 30.8 Å². The second kappa shape index (κ2) is 8.10. The molecule has 0 radical (unpaired) electrons. The van der Waals surface area contributed by atoms with Gasteiger partial charge in [0.05, 0.1) is 29.1 Å². The molecule has 2 aromatic heterocycles. The van der Waals surface area contributed by atoms with Crippen molar-refractivity contribution in [3.05, 3.63) is 92.0 Å². The number of rotatable bonds is 3. The molecule has 2 heterocycles. The van der Waals surface area contributed by atoms with Gasteiger partial charge in [0.2, 0.25) is 0 Å². The largest absolute Gasteiger partial charge is 0.320 e. The zero-order valence-electron chi connectivity index (χ0n) is 13.7. The predicted octanol–water partition coefficient (Wildman–Crippen LogP) is 4.75. The molecule has 0 aliphatic heterocycles. The summed E-state index contributed by atoms with van der Waals surface area (Å²) in [7, 11) is 0. The zero-order chi connectivity index (χ0) is 18.2. The van der Waals surface area contributed by atoms with Crippen molar-refractivity contribution in [1.29, 1.82) is 10.5 Å². The first-order valence-electron chi connectivity index (χ1n) is 7.45. The first-order chi connectivity index (χ1) is 12.2. The Morgan fingerprint density at radius 1 is 1.04 bits per heavy atom. The molecule has 0 amide bonds. The molecule has 0 aliphatic carbocycles. The molecular formula is C21H16N4. The second-order valence-electron chi connectivity index (χ2n) is 4.99. The maximum Gasteiger partial charge on any atom is 0.101 e. The fourth-order valence-corrected chi connectivity index (χ4v) is 2.34. The molecule has 120 valence electrons. The average Bonchev–Trinajstić information content (AvgIpc) is 3.14. The minimum absolute atomic E-state index is 0.357. The van der Waals surface area contributed by atoms with Crippen LogP contribution < -0.4 is 0 Å². The summed E-state index contributed by atoms with van der Waals surface area (Å²) in [5, 5.41) is 18.3. The minimum Gasteiger partial charge on any atom is -0.320 e. The van der Waals surface area contributed by atoms with Crippen LogP contribution in [0.15, 0.2) is 80.9 Å². The summed E-state index contributed by atoms with van der Waals surface area (Å²) in [6.45, 7) is 9.70. The number of nitriles is 2. The third-order valence-electron chi connectivity index (χ3n) is 3.54. The van der Waals surface area contributed by atoms with E-state index in [1.54, 1.807) is 18.6 Å². The maximum atomic E-state index is 9.38. The average molecular weight is 324 g/mol. The van der Waals surface area contributed by atoms with Crippen molar-refractivity contribution in [3.63, 3.8) is 0 Å². The summed E-state index contributed by atoms with van der Waals surface area (Å²) in [6, 6.07) is 15.8. The van der Waals surface area contributed by atoms with E-state index in [1.165, 1.54) is 0 Å². The summed E-state index contributed by atoms with van der Waals surface area (Å²) >= 11 is 0. The Kier molecular flexibility index (Phi) is 5.66. The van der Waals surface area contributed by atoms with Crippen molar-refractivity contribution in [2.75, 3.05) is 0 Å². The Bertz CT molecular complexity index is 969. The van der Waals surface area contributed by atoms with Crippen molar-refractivity contribution in [2.45, 2.75) is 0 Å². The molecule has 0 unspecified atom stereocenters. The van der Waals surface area contributed by atoms with Crippen LogP contribution >= 0.6 is 0 Å². The molecule has 0 N–H and O–H groups in total. The number of hydrogen-bond donors (Lipinski definition) is 0. The molecule has 1 aromatic carbocycles. The fraction of sp³-hybridized carbons (Fsp3) is 0. The van der Waals surface area contributed by atoms with E-state index in [9.17, 15) is 5.26 Å². The first kappa shape index (κ1) is 17.5. The zero-order valence-corrected chi connectivity index (χ0v) is 13.7. The summed E-state index contributed by atoms with van der Waals surface area (Å²) in [5.41, 5.74) is 4.22. The molecule has 3 rings (SSSR count). The van der Waals surface area contributed by atoms with Crippen LogP contribution in [0.2, 0.25) is 0 Å². The Hall–Kier alpha value is -3.89. The lowest BCUT2D eigenvalue weighted by Gasteiger charge is -2.04. The van der Waals surface area contributed by atoms with Crippen LogP contribution in [0.25, 0.3) is 22.4 Å². The SMILES string of the molecule is C=C.C=C(C#N)c1cncc(-n2cc(C#N)c(-c3ccccc3)c2)c1. The molecule has 0 spiro atoms. The predicted molar refractivity (Wildman–Crippen MR) is 99.6 cm³/mol. The van der Waals surface area contributed by atoms with E-state index < -0.39 is 0 Å². The van der Waals surface area contributed by atoms with E-state index >= 15 is 0 Å². The number of hydrogen-bond acceptors (Lipinski definition) is 3. The van der Waals surface area contributed by atoms with Crippen LogP contribution in [0.1, 0.15) is 11.1 Å². The molecule has 25 heavy (non-hydrogen) atoms. The van der Waals surface area contributed by atoms with E-state index in [-0.39, 0.29) is 0 Å². The third-order valence-corrected chi connectivity index (χ3v) is 3.54. The quantitative estimate of drug-likeness (QED) is 0.516. The van der Waals surface area contributed by atoms with E-state index in [0.717, 1.165) is 16.8 Å². The van der Waals surface area contributed by atoms with Gasteiger partial charge >= 0.3 is 0 Å². The number of nitrogens with zero attached hydrogens (tertiary/aromatic N) is 4. The number of benzene rings is 1. The lowest BCUT2D eigenvalue weighted by atomic mass is 10.1. The summed E-state index contributed by atoms with van der Waals surface area (Å²) in [4.78, 5) is 4.15. The lowest BCUT2D eigenvalue weighted by molar-refractivity contribution is 1.05. The van der Waals surface area contributed by atoms with Gasteiger partial charge in [-0.15, -0.1) is 13.2 Å². The van der Waals surface area contributed by atoms with Gasteiger partial charge in [0.1, 0.15) is 6.07 Å². The third kappa shape index (κ3) is 3.72. The smallest absolute Gasteiger partial charge is 0.101 e. The van der Waals surface area contributed by atoms with E-state index in [0.29, 0.717) is 16.7 Å². The lowest BCUT2D eigenvalue weighted by Crippen LogP contribution is -1.93. The van der Waals surface area contributed by atoms with Crippen LogP contribution in [0.3, 0.4) is 0 Å². The summed E-state index contributed by atoms with van der Waals surface area (Å²) < 4.78 is 1.84. The Morgan fingerprint density at radius 3 is 2.40 bits per heavy atom. The Labute approximate surface area is 147 Å². The highest BCUT2D eigenvalue weighted by molar-refractivity contribution is 5.75. The second-order valence-corrected chi connectivity index (χ2v) is 4.99. The number of aromatic nitrogens is 2. The molecule has 0 bridgehead atoms. The van der Waals surface area contributed by atoms with Crippen molar-refractivity contribution < 1.29 is 0 Å². The van der Waals surface area contributed by atoms with Crippen LogP contribution in [0, 0.1) is 22.7 Å². The molecule has 0 atom stereocenters. The van der Waals surface area contributed by atoms with Gasteiger partial charge < -0.3 is 4.57 Å². The number of allylic oxidation sites excluding steroid dienone is 1. The molecular weight excluding hydrogens is 308 g/mol. The van der Waals surface area contributed by atoms with Gasteiger partial charge in [-0.05, 0) is 11.6 Å². The molecule has 0 fully saturated rings. The Balaban J connectivity index is 0.00000109. The highest BCUT2D eigenvalue weighted by Gasteiger charge is 2.10. The van der Waals surface area contributed by atoms with Crippen LogP contribution in [-0.2, 0) is 0 Å². The van der Waals surface area contributed by atoms with Crippen LogP contribution in [0.5, 0.6) is 0 Å². The van der Waals surface area contributed by atoms with Gasteiger partial charge in [-0.3, -0.25) is 4.98 Å². The summed E-state index contributed by atoms with van der Waals surface area (Å²) in [6.07, 6.45) is 6.94. The molecule has 0 aliphatic rings. The summed E-state index contributed by atoms with van der Waals surface area (Å²) in [5.74, 6) is 0. The molecule has 4 nitrogen and oxygen atoms in total. The van der Waals surface area contributed by atoms with Crippen LogP contribution in [0.4, 0.5) is 0 Å². The van der Waals surface area contributed by atoms with Gasteiger partial charge in [0, 0.05) is 29.7 Å². The van der Waals surface area contributed by atoms with Crippen molar-refractivity contribution in [3.8, 4) is 29.0 Å². The van der Waals surface area contributed by atoms with E-state index in [1.807, 2.05) is 53.2 Å². The highest BCUT2D eigenvalue weighted by Crippen LogP contribution is 2.26. The number of pyridine rings is 1. The first-order valence-corrected chi connectivity index (χ1v) is 7.45. The van der Waals surface area contributed by atoms with Crippen LogP contribution in [-0.4, -0.2) is 9.55 Å². The fourth-order valence-electron chi connectivity index (χ4n) is 2.34. The van der Waals surface area contributed by atoms with Gasteiger partial charge in [-0.25, -0.2) is 0 Å². The normalized spacial score (nSPS) is 9.20. The van der Waals surface area contributed by atoms with E-state index in [4.69, 9.17) is 5.26 Å². The molecule has 4 heteroatoms. The van der Waals surface area contributed by atoms with Gasteiger partial charge in [0.25, 0.3) is 0 Å².